The molecule has 1 aromatic carbocycles. The van der Waals surface area contributed by atoms with Crippen LogP contribution in [0, 0.1) is 0 Å². The topological polar surface area (TPSA) is 33.5 Å². The van der Waals surface area contributed by atoms with Gasteiger partial charge in [0.1, 0.15) is 5.54 Å². The number of carbonyl (C=O) groups is 1. The van der Waals surface area contributed by atoms with Crippen LogP contribution in [0.3, 0.4) is 0 Å². The molecule has 2 aliphatic rings. The minimum atomic E-state index is 0.165. The maximum atomic E-state index is 12.4. The highest BCUT2D eigenvalue weighted by atomic mass is 79.9. The first-order valence-corrected chi connectivity index (χ1v) is 10.3. The average Bonchev–Trinajstić information content (AvgIpc) is 2.63. The molecule has 1 saturated heterocycles. The molecule has 1 heterocycles. The van der Waals surface area contributed by atoms with Gasteiger partial charge in [0.05, 0.1) is 26.1 Å². The van der Waals surface area contributed by atoms with Crippen LogP contribution >= 0.6 is 15.9 Å². The molecule has 0 bridgehead atoms. The van der Waals surface area contributed by atoms with Crippen molar-refractivity contribution in [1.82, 2.24) is 5.32 Å². The molecule has 1 amide bonds. The zero-order valence-electron chi connectivity index (χ0n) is 14.6. The molecule has 0 aromatic heterocycles. The third-order valence-corrected chi connectivity index (χ3v) is 6.45. The van der Waals surface area contributed by atoms with E-state index in [1.54, 1.807) is 4.90 Å². The zero-order chi connectivity index (χ0) is 16.8. The predicted molar refractivity (Wildman–Crippen MR) is 101 cm³/mol. The van der Waals surface area contributed by atoms with Crippen molar-refractivity contribution in [3.63, 3.8) is 0 Å². The fraction of sp³-hybridized carbons (Fsp3) is 0.650. The molecular formula is C20H30BrN2O+. The third kappa shape index (κ3) is 4.60. The van der Waals surface area contributed by atoms with E-state index in [0.717, 1.165) is 16.6 Å². The summed E-state index contributed by atoms with van der Waals surface area (Å²) in [6.45, 7) is 3.45. The summed E-state index contributed by atoms with van der Waals surface area (Å²) in [4.78, 5) is 14.2. The van der Waals surface area contributed by atoms with Crippen molar-refractivity contribution < 1.29 is 9.69 Å². The highest BCUT2D eigenvalue weighted by Gasteiger charge is 2.42. The number of likely N-dealkylation sites (tertiary alicyclic amines) is 1. The van der Waals surface area contributed by atoms with E-state index < -0.39 is 0 Å². The van der Waals surface area contributed by atoms with Crippen molar-refractivity contribution >= 4 is 21.8 Å². The van der Waals surface area contributed by atoms with Crippen LogP contribution in [-0.4, -0.2) is 31.1 Å². The Morgan fingerprint density at radius 3 is 2.29 bits per heavy atom. The summed E-state index contributed by atoms with van der Waals surface area (Å²) in [5.74, 6) is 0.165. The van der Waals surface area contributed by atoms with Gasteiger partial charge in [-0.3, -0.25) is 4.79 Å². The third-order valence-electron chi connectivity index (χ3n) is 5.92. The molecule has 4 heteroatoms. The molecule has 3 rings (SSSR count). The standard InChI is InChI=1S/C20H29BrN2O/c21-18-9-7-17(8-10-18)15-19(24)22-16-20(11-3-1-4-12-20)23-13-5-2-6-14-23/h7-10H,1-6,11-16H2,(H,22,24)/p+1. The second kappa shape index (κ2) is 8.48. The van der Waals surface area contributed by atoms with Gasteiger partial charge in [0, 0.05) is 17.3 Å². The number of quaternary nitrogens is 1. The van der Waals surface area contributed by atoms with Crippen LogP contribution in [0.2, 0.25) is 0 Å². The van der Waals surface area contributed by atoms with Crippen LogP contribution in [0.25, 0.3) is 0 Å². The van der Waals surface area contributed by atoms with Crippen LogP contribution in [0.5, 0.6) is 0 Å². The molecule has 2 N–H and O–H groups in total. The Morgan fingerprint density at radius 2 is 1.62 bits per heavy atom. The molecule has 1 aliphatic carbocycles. The number of nitrogens with one attached hydrogen (secondary N) is 2. The first-order chi connectivity index (χ1) is 11.7. The van der Waals surface area contributed by atoms with Gasteiger partial charge in [-0.2, -0.15) is 0 Å². The van der Waals surface area contributed by atoms with E-state index in [-0.39, 0.29) is 5.91 Å². The molecule has 0 unspecified atom stereocenters. The summed E-state index contributed by atoms with van der Waals surface area (Å²) in [5, 5.41) is 3.28. The summed E-state index contributed by atoms with van der Waals surface area (Å²) >= 11 is 3.44. The maximum Gasteiger partial charge on any atom is 0.224 e. The molecule has 132 valence electrons. The normalized spacial score (nSPS) is 21.4. The first-order valence-electron chi connectivity index (χ1n) is 9.54. The van der Waals surface area contributed by atoms with Crippen LogP contribution in [0.1, 0.15) is 56.9 Å². The van der Waals surface area contributed by atoms with Crippen molar-refractivity contribution in [3.8, 4) is 0 Å². The van der Waals surface area contributed by atoms with E-state index in [0.29, 0.717) is 12.0 Å². The summed E-state index contributed by atoms with van der Waals surface area (Å²) < 4.78 is 1.06. The minimum absolute atomic E-state index is 0.165. The van der Waals surface area contributed by atoms with Gasteiger partial charge in [0.2, 0.25) is 5.91 Å². The van der Waals surface area contributed by atoms with E-state index >= 15 is 0 Å². The summed E-state index contributed by atoms with van der Waals surface area (Å²) in [5.41, 5.74) is 1.38. The predicted octanol–water partition coefficient (Wildman–Crippen LogP) is 2.88. The Morgan fingerprint density at radius 1 is 1.00 bits per heavy atom. The number of halogens is 1. The monoisotopic (exact) mass is 393 g/mol. The number of rotatable bonds is 5. The van der Waals surface area contributed by atoms with E-state index in [9.17, 15) is 4.79 Å². The first kappa shape index (κ1) is 17.9. The Kier molecular flexibility index (Phi) is 6.34. The zero-order valence-corrected chi connectivity index (χ0v) is 16.2. The summed E-state index contributed by atoms with van der Waals surface area (Å²) in [6.07, 6.45) is 11.1. The molecule has 2 fully saturated rings. The lowest BCUT2D eigenvalue weighted by atomic mass is 9.79. The molecule has 0 atom stereocenters. The van der Waals surface area contributed by atoms with E-state index in [1.165, 1.54) is 64.5 Å². The lowest BCUT2D eigenvalue weighted by Gasteiger charge is -2.45. The second-order valence-electron chi connectivity index (χ2n) is 7.59. The van der Waals surface area contributed by atoms with Gasteiger partial charge in [0.25, 0.3) is 0 Å². The fourth-order valence-corrected chi connectivity index (χ4v) is 4.78. The van der Waals surface area contributed by atoms with Crippen molar-refractivity contribution in [1.29, 1.82) is 0 Å². The number of hydrogen-bond acceptors (Lipinski definition) is 1. The Labute approximate surface area is 154 Å². The van der Waals surface area contributed by atoms with Gasteiger partial charge in [-0.15, -0.1) is 0 Å². The minimum Gasteiger partial charge on any atom is -0.350 e. The van der Waals surface area contributed by atoms with E-state index in [2.05, 4.69) is 21.2 Å². The van der Waals surface area contributed by atoms with Crippen molar-refractivity contribution in [2.24, 2.45) is 0 Å². The largest absolute Gasteiger partial charge is 0.350 e. The molecular weight excluding hydrogens is 364 g/mol. The smallest absolute Gasteiger partial charge is 0.224 e. The van der Waals surface area contributed by atoms with Gasteiger partial charge in [0.15, 0.2) is 0 Å². The highest BCUT2D eigenvalue weighted by Crippen LogP contribution is 2.26. The van der Waals surface area contributed by atoms with Crippen molar-refractivity contribution in [3.05, 3.63) is 34.3 Å². The second-order valence-corrected chi connectivity index (χ2v) is 8.50. The molecule has 1 saturated carbocycles. The van der Waals surface area contributed by atoms with E-state index in [4.69, 9.17) is 0 Å². The quantitative estimate of drug-likeness (QED) is 0.791. The average molecular weight is 394 g/mol. The van der Waals surface area contributed by atoms with Gasteiger partial charge < -0.3 is 10.2 Å². The number of piperidine rings is 1. The lowest BCUT2D eigenvalue weighted by Crippen LogP contribution is -3.22. The molecule has 0 spiro atoms. The number of benzene rings is 1. The number of carbonyl (C=O) groups excluding carboxylic acids is 1. The Bertz CT molecular complexity index is 531. The highest BCUT2D eigenvalue weighted by molar-refractivity contribution is 9.10. The number of amides is 1. The van der Waals surface area contributed by atoms with Gasteiger partial charge in [-0.1, -0.05) is 34.5 Å². The molecule has 1 aromatic rings. The van der Waals surface area contributed by atoms with Crippen molar-refractivity contribution in [2.75, 3.05) is 19.6 Å². The van der Waals surface area contributed by atoms with Crippen LogP contribution in [-0.2, 0) is 11.2 Å². The summed E-state index contributed by atoms with van der Waals surface area (Å²) in [7, 11) is 0. The van der Waals surface area contributed by atoms with Gasteiger partial charge in [-0.05, 0) is 49.8 Å². The SMILES string of the molecule is O=C(Cc1ccc(Br)cc1)NCC1([NH+]2CCCCC2)CCCCC1. The molecule has 1 aliphatic heterocycles. The maximum absolute atomic E-state index is 12.4. The Hall–Kier alpha value is -0.870. The van der Waals surface area contributed by atoms with Gasteiger partial charge in [-0.25, -0.2) is 0 Å². The molecule has 0 radical (unpaired) electrons. The van der Waals surface area contributed by atoms with Crippen LogP contribution in [0.15, 0.2) is 28.7 Å². The summed E-state index contributed by atoms with van der Waals surface area (Å²) in [6, 6.07) is 8.05. The number of hydrogen-bond donors (Lipinski definition) is 2. The van der Waals surface area contributed by atoms with Crippen LogP contribution in [0.4, 0.5) is 0 Å². The van der Waals surface area contributed by atoms with Crippen molar-refractivity contribution in [2.45, 2.75) is 63.3 Å². The Balaban J connectivity index is 1.58. The van der Waals surface area contributed by atoms with Crippen LogP contribution < -0.4 is 10.2 Å². The molecule has 3 nitrogen and oxygen atoms in total. The van der Waals surface area contributed by atoms with E-state index in [1.807, 2.05) is 24.3 Å². The lowest BCUT2D eigenvalue weighted by molar-refractivity contribution is -0.957. The van der Waals surface area contributed by atoms with Gasteiger partial charge >= 0.3 is 0 Å². The fourth-order valence-electron chi connectivity index (χ4n) is 4.51. The molecule has 24 heavy (non-hydrogen) atoms.